The molecule has 1 aliphatic heterocycles. The number of oxazole rings is 1. The van der Waals surface area contributed by atoms with Gasteiger partial charge in [-0.1, -0.05) is 36.4 Å². The molecule has 2 heterocycles. The van der Waals surface area contributed by atoms with Gasteiger partial charge in [0.25, 0.3) is 0 Å². The minimum Gasteiger partial charge on any atom is -0.443 e. The average molecular weight is 375 g/mol. The van der Waals surface area contributed by atoms with E-state index in [0.717, 1.165) is 49.1 Å². The van der Waals surface area contributed by atoms with Gasteiger partial charge in [-0.3, -0.25) is 4.79 Å². The summed E-state index contributed by atoms with van der Waals surface area (Å²) in [5.74, 6) is 0.124. The molecule has 1 amide bonds. The van der Waals surface area contributed by atoms with Crippen LogP contribution in [-0.4, -0.2) is 35.4 Å². The number of likely N-dealkylation sites (tertiary alicyclic amines) is 1. The fourth-order valence-electron chi connectivity index (χ4n) is 4.36. The summed E-state index contributed by atoms with van der Waals surface area (Å²) in [6.45, 7) is 3.10. The van der Waals surface area contributed by atoms with Crippen molar-refractivity contribution in [2.45, 2.75) is 37.1 Å². The lowest BCUT2D eigenvalue weighted by atomic mass is 9.93. The van der Waals surface area contributed by atoms with Gasteiger partial charge in [0, 0.05) is 6.54 Å². The Bertz CT molecular complexity index is 972. The number of carbonyl (C=O) groups is 1. The van der Waals surface area contributed by atoms with Gasteiger partial charge in [-0.25, -0.2) is 4.98 Å². The van der Waals surface area contributed by atoms with Gasteiger partial charge in [0.05, 0.1) is 11.5 Å². The summed E-state index contributed by atoms with van der Waals surface area (Å²) < 4.78 is 5.45. The maximum Gasteiger partial charge on any atom is 0.231 e. The molecule has 1 saturated heterocycles. The van der Waals surface area contributed by atoms with Crippen LogP contribution < -0.4 is 5.32 Å². The van der Waals surface area contributed by atoms with Crippen LogP contribution in [0.1, 0.15) is 42.9 Å². The zero-order chi connectivity index (χ0) is 19.0. The summed E-state index contributed by atoms with van der Waals surface area (Å²) in [7, 11) is 0. The quantitative estimate of drug-likeness (QED) is 0.712. The largest absolute Gasteiger partial charge is 0.443 e. The summed E-state index contributed by atoms with van der Waals surface area (Å²) in [5.41, 5.74) is 3.34. The van der Waals surface area contributed by atoms with E-state index in [9.17, 15) is 4.79 Å². The number of fused-ring (bicyclic) bond motifs is 1. The Morgan fingerprint density at radius 2 is 1.93 bits per heavy atom. The SMILES string of the molecule is O=C(NC(CN1CCCC1)c1ccccc1)C1(c2ccc3ncoc3c2)CC1. The van der Waals surface area contributed by atoms with E-state index >= 15 is 0 Å². The number of hydrogen-bond donors (Lipinski definition) is 1. The number of aromatic nitrogens is 1. The highest BCUT2D eigenvalue weighted by atomic mass is 16.3. The Hall–Kier alpha value is -2.66. The van der Waals surface area contributed by atoms with Gasteiger partial charge >= 0.3 is 0 Å². The van der Waals surface area contributed by atoms with E-state index < -0.39 is 5.41 Å². The molecule has 1 unspecified atom stereocenters. The molecular formula is C23H25N3O2. The third-order valence-corrected chi connectivity index (χ3v) is 6.22. The number of rotatable bonds is 6. The van der Waals surface area contributed by atoms with E-state index in [0.29, 0.717) is 0 Å². The summed E-state index contributed by atoms with van der Waals surface area (Å²) in [6, 6.07) is 16.3. The molecule has 5 rings (SSSR count). The van der Waals surface area contributed by atoms with Crippen LogP contribution in [0.4, 0.5) is 0 Å². The van der Waals surface area contributed by atoms with Gasteiger partial charge in [-0.2, -0.15) is 0 Å². The molecule has 5 nitrogen and oxygen atoms in total. The number of carbonyl (C=O) groups excluding carboxylic acids is 1. The molecule has 2 aliphatic rings. The Balaban J connectivity index is 1.39. The van der Waals surface area contributed by atoms with Crippen molar-refractivity contribution in [3.05, 3.63) is 66.1 Å². The lowest BCUT2D eigenvalue weighted by Crippen LogP contribution is -2.41. The van der Waals surface area contributed by atoms with Crippen molar-refractivity contribution in [1.82, 2.24) is 15.2 Å². The standard InChI is InChI=1S/C23H25N3O2/c27-22(23(10-11-23)18-8-9-19-21(14-18)28-16-24-19)25-20(15-26-12-4-5-13-26)17-6-2-1-3-7-17/h1-3,6-9,14,16,20H,4-5,10-13,15H2,(H,25,27). The second-order valence-corrected chi connectivity index (χ2v) is 8.06. The zero-order valence-electron chi connectivity index (χ0n) is 15.9. The van der Waals surface area contributed by atoms with Gasteiger partial charge < -0.3 is 14.6 Å². The van der Waals surface area contributed by atoms with E-state index in [-0.39, 0.29) is 11.9 Å². The first-order valence-corrected chi connectivity index (χ1v) is 10.2. The molecule has 1 atom stereocenters. The van der Waals surface area contributed by atoms with Gasteiger partial charge in [0.2, 0.25) is 5.91 Å². The number of benzene rings is 2. The number of hydrogen-bond acceptors (Lipinski definition) is 4. The van der Waals surface area contributed by atoms with Crippen LogP contribution in [0, 0.1) is 0 Å². The van der Waals surface area contributed by atoms with Crippen LogP contribution in [-0.2, 0) is 10.2 Å². The van der Waals surface area contributed by atoms with E-state index in [1.165, 1.54) is 24.8 Å². The highest BCUT2D eigenvalue weighted by Crippen LogP contribution is 2.49. The third kappa shape index (κ3) is 3.20. The van der Waals surface area contributed by atoms with Gasteiger partial charge in [0.15, 0.2) is 12.0 Å². The monoisotopic (exact) mass is 375 g/mol. The van der Waals surface area contributed by atoms with Crippen molar-refractivity contribution in [3.8, 4) is 0 Å². The van der Waals surface area contributed by atoms with E-state index in [4.69, 9.17) is 4.42 Å². The summed E-state index contributed by atoms with van der Waals surface area (Å²) in [5, 5.41) is 3.38. The van der Waals surface area contributed by atoms with Crippen LogP contribution in [0.25, 0.3) is 11.1 Å². The second kappa shape index (κ2) is 7.06. The lowest BCUT2D eigenvalue weighted by molar-refractivity contribution is -0.124. The first-order valence-electron chi connectivity index (χ1n) is 10.2. The van der Waals surface area contributed by atoms with Crippen molar-refractivity contribution in [2.75, 3.05) is 19.6 Å². The van der Waals surface area contributed by atoms with Crippen LogP contribution in [0.15, 0.2) is 59.3 Å². The molecule has 0 spiro atoms. The first kappa shape index (κ1) is 17.4. The molecule has 1 saturated carbocycles. The van der Waals surface area contributed by atoms with Crippen molar-refractivity contribution in [3.63, 3.8) is 0 Å². The summed E-state index contributed by atoms with van der Waals surface area (Å²) in [6.07, 6.45) is 5.70. The molecule has 5 heteroatoms. The Morgan fingerprint density at radius 1 is 1.14 bits per heavy atom. The normalized spacial score (nSPS) is 19.6. The molecule has 144 valence electrons. The van der Waals surface area contributed by atoms with Gasteiger partial charge in [-0.05, 0) is 62.0 Å². The number of amides is 1. The summed E-state index contributed by atoms with van der Waals surface area (Å²) in [4.78, 5) is 20.0. The lowest BCUT2D eigenvalue weighted by Gasteiger charge is -2.27. The predicted molar refractivity (Wildman–Crippen MR) is 108 cm³/mol. The molecule has 2 aromatic carbocycles. The van der Waals surface area contributed by atoms with Gasteiger partial charge in [0.1, 0.15) is 5.52 Å². The number of nitrogens with one attached hydrogen (secondary N) is 1. The highest BCUT2D eigenvalue weighted by molar-refractivity contribution is 5.92. The fraction of sp³-hybridized carbons (Fsp3) is 0.391. The van der Waals surface area contributed by atoms with E-state index in [2.05, 4.69) is 27.3 Å². The van der Waals surface area contributed by atoms with Crippen molar-refractivity contribution in [2.24, 2.45) is 0 Å². The van der Waals surface area contributed by atoms with Crippen molar-refractivity contribution < 1.29 is 9.21 Å². The molecule has 1 aliphatic carbocycles. The highest BCUT2D eigenvalue weighted by Gasteiger charge is 2.52. The first-order chi connectivity index (χ1) is 13.7. The molecule has 2 fully saturated rings. The minimum atomic E-state index is -0.432. The van der Waals surface area contributed by atoms with Crippen molar-refractivity contribution >= 4 is 17.0 Å². The Kier molecular flexibility index (Phi) is 4.40. The zero-order valence-corrected chi connectivity index (χ0v) is 15.9. The van der Waals surface area contributed by atoms with Crippen LogP contribution in [0.2, 0.25) is 0 Å². The topological polar surface area (TPSA) is 58.4 Å². The number of nitrogens with zero attached hydrogens (tertiary/aromatic N) is 2. The Labute approximate surface area is 164 Å². The molecule has 0 bridgehead atoms. The maximum absolute atomic E-state index is 13.4. The molecule has 0 radical (unpaired) electrons. The molecule has 1 N–H and O–H groups in total. The van der Waals surface area contributed by atoms with Crippen LogP contribution >= 0.6 is 0 Å². The van der Waals surface area contributed by atoms with E-state index in [1.807, 2.05) is 36.4 Å². The molecule has 1 aromatic heterocycles. The fourth-order valence-corrected chi connectivity index (χ4v) is 4.36. The average Bonchev–Trinajstić information content (AvgIpc) is 3.14. The smallest absolute Gasteiger partial charge is 0.231 e. The van der Waals surface area contributed by atoms with Crippen LogP contribution in [0.5, 0.6) is 0 Å². The molecule has 28 heavy (non-hydrogen) atoms. The minimum absolute atomic E-state index is 0.0123. The Morgan fingerprint density at radius 3 is 2.68 bits per heavy atom. The molecular weight excluding hydrogens is 350 g/mol. The molecule has 3 aromatic rings. The summed E-state index contributed by atoms with van der Waals surface area (Å²) >= 11 is 0. The van der Waals surface area contributed by atoms with Crippen molar-refractivity contribution in [1.29, 1.82) is 0 Å². The second-order valence-electron chi connectivity index (χ2n) is 8.06. The maximum atomic E-state index is 13.4. The predicted octanol–water partition coefficient (Wildman–Crippen LogP) is 3.81. The van der Waals surface area contributed by atoms with Gasteiger partial charge in [-0.15, -0.1) is 0 Å². The van der Waals surface area contributed by atoms with Crippen LogP contribution in [0.3, 0.4) is 0 Å². The van der Waals surface area contributed by atoms with E-state index in [1.54, 1.807) is 0 Å². The third-order valence-electron chi connectivity index (χ3n) is 6.22.